The van der Waals surface area contributed by atoms with Crippen LogP contribution in [-0.2, 0) is 6.54 Å². The lowest BCUT2D eigenvalue weighted by Crippen LogP contribution is -2.15. The SMILES string of the molecule is OCCCNCc1cc(Cl)c[nH]1. The Morgan fingerprint density at radius 2 is 2.42 bits per heavy atom. The fourth-order valence-corrected chi connectivity index (χ4v) is 1.13. The Labute approximate surface area is 76.7 Å². The molecule has 1 aromatic rings. The summed E-state index contributed by atoms with van der Waals surface area (Å²) in [4.78, 5) is 3.03. The minimum Gasteiger partial charge on any atom is -0.396 e. The third-order valence-electron chi connectivity index (χ3n) is 1.53. The molecule has 0 aliphatic rings. The fourth-order valence-electron chi connectivity index (χ4n) is 0.941. The van der Waals surface area contributed by atoms with E-state index in [4.69, 9.17) is 16.7 Å². The standard InChI is InChI=1S/C8H13ClN2O/c9-7-4-8(11-5-7)6-10-2-1-3-12/h4-5,10-12H,1-3,6H2. The minimum atomic E-state index is 0.235. The highest BCUT2D eigenvalue weighted by molar-refractivity contribution is 6.30. The third-order valence-corrected chi connectivity index (χ3v) is 1.75. The van der Waals surface area contributed by atoms with Crippen LogP contribution in [-0.4, -0.2) is 23.2 Å². The highest BCUT2D eigenvalue weighted by Gasteiger charge is 1.94. The number of rotatable bonds is 5. The molecule has 68 valence electrons. The summed E-state index contributed by atoms with van der Waals surface area (Å²) in [6.07, 6.45) is 2.54. The van der Waals surface area contributed by atoms with Crippen molar-refractivity contribution < 1.29 is 5.11 Å². The van der Waals surface area contributed by atoms with E-state index in [1.165, 1.54) is 0 Å². The van der Waals surface area contributed by atoms with Gasteiger partial charge in [0, 0.05) is 25.0 Å². The van der Waals surface area contributed by atoms with Gasteiger partial charge in [0.05, 0.1) is 5.02 Å². The van der Waals surface area contributed by atoms with Gasteiger partial charge in [0.1, 0.15) is 0 Å². The van der Waals surface area contributed by atoms with Gasteiger partial charge in [0.15, 0.2) is 0 Å². The molecule has 4 heteroatoms. The van der Waals surface area contributed by atoms with Crippen molar-refractivity contribution in [1.82, 2.24) is 10.3 Å². The molecule has 0 bridgehead atoms. The zero-order valence-electron chi connectivity index (χ0n) is 6.81. The van der Waals surface area contributed by atoms with E-state index in [0.717, 1.165) is 30.2 Å². The van der Waals surface area contributed by atoms with Crippen LogP contribution in [0.3, 0.4) is 0 Å². The van der Waals surface area contributed by atoms with Gasteiger partial charge in [-0.25, -0.2) is 0 Å². The highest BCUT2D eigenvalue weighted by atomic mass is 35.5. The molecule has 0 saturated heterocycles. The van der Waals surface area contributed by atoms with Crippen molar-refractivity contribution in [3.63, 3.8) is 0 Å². The Morgan fingerprint density at radius 1 is 1.58 bits per heavy atom. The molecular formula is C8H13ClN2O. The summed E-state index contributed by atoms with van der Waals surface area (Å²) < 4.78 is 0. The number of aromatic nitrogens is 1. The molecule has 1 aromatic heterocycles. The number of aromatic amines is 1. The summed E-state index contributed by atoms with van der Waals surface area (Å²) in [6, 6.07) is 1.88. The molecule has 0 saturated carbocycles. The number of hydrogen-bond acceptors (Lipinski definition) is 2. The number of hydrogen-bond donors (Lipinski definition) is 3. The topological polar surface area (TPSA) is 48.0 Å². The second kappa shape index (κ2) is 5.19. The zero-order chi connectivity index (χ0) is 8.81. The molecule has 3 N–H and O–H groups in total. The van der Waals surface area contributed by atoms with E-state index in [9.17, 15) is 0 Å². The maximum Gasteiger partial charge on any atom is 0.0583 e. The van der Waals surface area contributed by atoms with Crippen LogP contribution in [0.25, 0.3) is 0 Å². The van der Waals surface area contributed by atoms with E-state index < -0.39 is 0 Å². The van der Waals surface area contributed by atoms with Crippen LogP contribution in [0.4, 0.5) is 0 Å². The number of halogens is 1. The predicted octanol–water partition coefficient (Wildman–Crippen LogP) is 1.14. The second-order valence-electron chi connectivity index (χ2n) is 2.60. The van der Waals surface area contributed by atoms with E-state index in [1.807, 2.05) is 6.07 Å². The second-order valence-corrected chi connectivity index (χ2v) is 3.03. The van der Waals surface area contributed by atoms with Crippen molar-refractivity contribution in [1.29, 1.82) is 0 Å². The molecule has 1 rings (SSSR count). The number of aliphatic hydroxyl groups is 1. The molecule has 0 aliphatic heterocycles. The molecule has 0 unspecified atom stereocenters. The first-order chi connectivity index (χ1) is 5.83. The molecule has 0 aliphatic carbocycles. The summed E-state index contributed by atoms with van der Waals surface area (Å²) >= 11 is 5.70. The number of nitrogens with one attached hydrogen (secondary N) is 2. The lowest BCUT2D eigenvalue weighted by molar-refractivity contribution is 0.286. The Balaban J connectivity index is 2.15. The summed E-state index contributed by atoms with van der Waals surface area (Å²) in [7, 11) is 0. The van der Waals surface area contributed by atoms with Gasteiger partial charge in [-0.3, -0.25) is 0 Å². The highest BCUT2D eigenvalue weighted by Crippen LogP contribution is 2.08. The Bertz CT molecular complexity index is 225. The maximum atomic E-state index is 8.50. The lowest BCUT2D eigenvalue weighted by Gasteiger charge is -2.00. The van der Waals surface area contributed by atoms with E-state index >= 15 is 0 Å². The third kappa shape index (κ3) is 3.26. The Hall–Kier alpha value is -0.510. The first-order valence-electron chi connectivity index (χ1n) is 3.97. The van der Waals surface area contributed by atoms with Gasteiger partial charge in [0.25, 0.3) is 0 Å². The minimum absolute atomic E-state index is 0.235. The molecule has 12 heavy (non-hydrogen) atoms. The van der Waals surface area contributed by atoms with Crippen molar-refractivity contribution in [2.75, 3.05) is 13.2 Å². The van der Waals surface area contributed by atoms with Gasteiger partial charge < -0.3 is 15.4 Å². The van der Waals surface area contributed by atoms with Gasteiger partial charge in [-0.15, -0.1) is 0 Å². The average molecular weight is 189 g/mol. The summed E-state index contributed by atoms with van der Waals surface area (Å²) in [5.41, 5.74) is 1.07. The van der Waals surface area contributed by atoms with Gasteiger partial charge in [-0.1, -0.05) is 11.6 Å². The zero-order valence-corrected chi connectivity index (χ0v) is 7.56. The van der Waals surface area contributed by atoms with Gasteiger partial charge in [-0.2, -0.15) is 0 Å². The summed E-state index contributed by atoms with van der Waals surface area (Å²) in [5, 5.41) is 12.4. The van der Waals surface area contributed by atoms with Crippen molar-refractivity contribution in [2.24, 2.45) is 0 Å². The monoisotopic (exact) mass is 188 g/mol. The largest absolute Gasteiger partial charge is 0.396 e. The van der Waals surface area contributed by atoms with E-state index in [2.05, 4.69) is 10.3 Å². The predicted molar refractivity (Wildman–Crippen MR) is 49.2 cm³/mol. The van der Waals surface area contributed by atoms with Crippen LogP contribution in [0.15, 0.2) is 12.3 Å². The van der Waals surface area contributed by atoms with Gasteiger partial charge in [0.2, 0.25) is 0 Å². The Morgan fingerprint density at radius 3 is 3.00 bits per heavy atom. The van der Waals surface area contributed by atoms with Crippen LogP contribution in [0.5, 0.6) is 0 Å². The van der Waals surface area contributed by atoms with Gasteiger partial charge >= 0.3 is 0 Å². The van der Waals surface area contributed by atoms with E-state index in [-0.39, 0.29) is 6.61 Å². The van der Waals surface area contributed by atoms with Crippen molar-refractivity contribution in [2.45, 2.75) is 13.0 Å². The van der Waals surface area contributed by atoms with Crippen molar-refractivity contribution >= 4 is 11.6 Å². The van der Waals surface area contributed by atoms with Crippen LogP contribution in [0, 0.1) is 0 Å². The summed E-state index contributed by atoms with van der Waals surface area (Å²) in [6.45, 7) is 1.83. The quantitative estimate of drug-likeness (QED) is 0.607. The lowest BCUT2D eigenvalue weighted by atomic mass is 10.4. The number of aliphatic hydroxyl groups excluding tert-OH is 1. The molecule has 0 fully saturated rings. The maximum absolute atomic E-state index is 8.50. The van der Waals surface area contributed by atoms with Crippen molar-refractivity contribution in [3.05, 3.63) is 23.0 Å². The molecule has 0 amide bonds. The first-order valence-corrected chi connectivity index (χ1v) is 4.35. The van der Waals surface area contributed by atoms with Gasteiger partial charge in [-0.05, 0) is 19.0 Å². The smallest absolute Gasteiger partial charge is 0.0583 e. The van der Waals surface area contributed by atoms with Crippen LogP contribution in [0.1, 0.15) is 12.1 Å². The molecule has 0 spiro atoms. The molecule has 1 heterocycles. The van der Waals surface area contributed by atoms with E-state index in [1.54, 1.807) is 6.20 Å². The fraction of sp³-hybridized carbons (Fsp3) is 0.500. The van der Waals surface area contributed by atoms with E-state index in [0.29, 0.717) is 0 Å². The van der Waals surface area contributed by atoms with Crippen molar-refractivity contribution in [3.8, 4) is 0 Å². The molecule has 0 atom stereocenters. The Kier molecular flexibility index (Phi) is 4.14. The molecule has 0 radical (unpaired) electrons. The summed E-state index contributed by atoms with van der Waals surface area (Å²) in [5.74, 6) is 0. The van der Waals surface area contributed by atoms with Crippen LogP contribution in [0.2, 0.25) is 5.02 Å². The molecule has 3 nitrogen and oxygen atoms in total. The number of H-pyrrole nitrogens is 1. The normalized spacial score (nSPS) is 10.5. The van der Waals surface area contributed by atoms with Crippen LogP contribution >= 0.6 is 11.6 Å². The molecular weight excluding hydrogens is 176 g/mol. The average Bonchev–Trinajstić information content (AvgIpc) is 2.45. The molecule has 0 aromatic carbocycles. The first kappa shape index (κ1) is 9.58. The van der Waals surface area contributed by atoms with Crippen LogP contribution < -0.4 is 5.32 Å².